The van der Waals surface area contributed by atoms with Crippen LogP contribution in [0.25, 0.3) is 0 Å². The Morgan fingerprint density at radius 3 is 2.21 bits per heavy atom. The van der Waals surface area contributed by atoms with Crippen LogP contribution in [-0.4, -0.2) is 68.8 Å². The zero-order valence-electron chi connectivity index (χ0n) is 22.3. The van der Waals surface area contributed by atoms with E-state index in [1.54, 1.807) is 19.1 Å². The molecule has 0 saturated carbocycles. The third-order valence-electron chi connectivity index (χ3n) is 5.74. The normalized spacial score (nSPS) is 20.0. The SMILES string of the molecule is CC1=C(/C=C/C(C)=C/C=C/C(C)=C/C(=O)OP(=O)([O-])[O-])C(C)(C)CCC1.O=C[C@@H](O)[C@@H](O)[C@H](O)[C@H](O)CO. The Hall–Kier alpha value is -2.21. The molecule has 11 nitrogen and oxygen atoms in total. The molecule has 216 valence electrons. The molecule has 0 aliphatic heterocycles. The lowest BCUT2D eigenvalue weighted by Gasteiger charge is -2.32. The van der Waals surface area contributed by atoms with E-state index >= 15 is 0 Å². The van der Waals surface area contributed by atoms with Crippen molar-refractivity contribution in [2.75, 3.05) is 6.61 Å². The molecule has 0 saturated heterocycles. The summed E-state index contributed by atoms with van der Waals surface area (Å²) >= 11 is 0. The van der Waals surface area contributed by atoms with Gasteiger partial charge in [-0.2, -0.15) is 0 Å². The first-order chi connectivity index (χ1) is 17.4. The Labute approximate surface area is 223 Å². The quantitative estimate of drug-likeness (QED) is 0.102. The maximum Gasteiger partial charge on any atom is 0.334 e. The van der Waals surface area contributed by atoms with Gasteiger partial charge in [0.15, 0.2) is 6.29 Å². The van der Waals surface area contributed by atoms with Gasteiger partial charge in [0.25, 0.3) is 0 Å². The Morgan fingerprint density at radius 1 is 1.11 bits per heavy atom. The predicted molar refractivity (Wildman–Crippen MR) is 137 cm³/mol. The Balaban J connectivity index is 0.000000958. The molecule has 12 heteroatoms. The third kappa shape index (κ3) is 14.1. The second kappa shape index (κ2) is 16.7. The first-order valence-corrected chi connectivity index (χ1v) is 13.4. The van der Waals surface area contributed by atoms with Gasteiger partial charge in [0.1, 0.15) is 32.2 Å². The van der Waals surface area contributed by atoms with Gasteiger partial charge in [-0.15, -0.1) is 0 Å². The Morgan fingerprint density at radius 2 is 1.71 bits per heavy atom. The molecule has 0 aromatic heterocycles. The molecule has 0 aromatic rings. The van der Waals surface area contributed by atoms with Gasteiger partial charge in [0.05, 0.1) is 6.61 Å². The molecule has 0 amide bonds. The van der Waals surface area contributed by atoms with Gasteiger partial charge in [-0.25, -0.2) is 4.79 Å². The fourth-order valence-electron chi connectivity index (χ4n) is 3.62. The molecular formula is C26H39O11P-2. The van der Waals surface area contributed by atoms with Crippen molar-refractivity contribution in [3.8, 4) is 0 Å². The highest BCUT2D eigenvalue weighted by molar-refractivity contribution is 7.43. The van der Waals surface area contributed by atoms with E-state index in [1.807, 2.05) is 13.0 Å². The molecule has 0 fully saturated rings. The van der Waals surface area contributed by atoms with Gasteiger partial charge in [-0.1, -0.05) is 55.4 Å². The first-order valence-electron chi connectivity index (χ1n) is 11.9. The number of aliphatic hydroxyl groups excluding tert-OH is 5. The monoisotopic (exact) mass is 558 g/mol. The van der Waals surface area contributed by atoms with Gasteiger partial charge in [-0.3, -0.25) is 0 Å². The van der Waals surface area contributed by atoms with Gasteiger partial charge >= 0.3 is 5.97 Å². The Kier molecular flexibility index (Phi) is 15.7. The lowest BCUT2D eigenvalue weighted by Crippen LogP contribution is -2.46. The zero-order chi connectivity index (χ0) is 29.7. The number of aldehydes is 1. The van der Waals surface area contributed by atoms with Gasteiger partial charge in [-0.05, 0) is 56.6 Å². The fraction of sp³-hybridized carbons (Fsp3) is 0.538. The largest absolute Gasteiger partial charge is 0.780 e. The summed E-state index contributed by atoms with van der Waals surface area (Å²) in [5.41, 5.74) is 4.54. The number of aliphatic hydroxyl groups is 5. The molecule has 0 aromatic carbocycles. The minimum Gasteiger partial charge on any atom is -0.780 e. The van der Waals surface area contributed by atoms with Crippen molar-refractivity contribution in [2.45, 2.75) is 78.3 Å². The smallest absolute Gasteiger partial charge is 0.334 e. The molecular weight excluding hydrogens is 519 g/mol. The van der Waals surface area contributed by atoms with Crippen LogP contribution in [0, 0.1) is 5.41 Å². The molecule has 1 aliphatic carbocycles. The highest BCUT2D eigenvalue weighted by atomic mass is 31.2. The summed E-state index contributed by atoms with van der Waals surface area (Å²) in [7, 11) is -5.30. The van der Waals surface area contributed by atoms with Crippen molar-refractivity contribution in [2.24, 2.45) is 5.41 Å². The summed E-state index contributed by atoms with van der Waals surface area (Å²) in [6.45, 7) is 9.55. The van der Waals surface area contributed by atoms with E-state index in [9.17, 15) is 23.9 Å². The van der Waals surface area contributed by atoms with E-state index in [0.717, 1.165) is 18.1 Å². The lowest BCUT2D eigenvalue weighted by atomic mass is 9.72. The van der Waals surface area contributed by atoms with E-state index in [0.29, 0.717) is 5.57 Å². The highest BCUT2D eigenvalue weighted by Crippen LogP contribution is 2.40. The van der Waals surface area contributed by atoms with Crippen LogP contribution in [0.15, 0.2) is 58.7 Å². The maximum absolute atomic E-state index is 11.2. The van der Waals surface area contributed by atoms with Crippen molar-refractivity contribution in [3.63, 3.8) is 0 Å². The molecule has 1 aliphatic rings. The average molecular weight is 559 g/mol. The van der Waals surface area contributed by atoms with E-state index < -0.39 is 44.8 Å². The van der Waals surface area contributed by atoms with Gasteiger partial charge in [0, 0.05) is 6.08 Å². The number of phosphoric ester groups is 1. The Bertz CT molecular complexity index is 985. The molecule has 0 radical (unpaired) electrons. The molecule has 4 atom stereocenters. The molecule has 0 bridgehead atoms. The maximum atomic E-state index is 11.2. The topological polar surface area (TPSA) is 208 Å². The van der Waals surface area contributed by atoms with E-state index in [1.165, 1.54) is 24.0 Å². The van der Waals surface area contributed by atoms with Crippen LogP contribution in [-0.2, 0) is 18.7 Å². The van der Waals surface area contributed by atoms with Crippen LogP contribution in [0.4, 0.5) is 0 Å². The summed E-state index contributed by atoms with van der Waals surface area (Å²) in [5.74, 6) is -1.19. The van der Waals surface area contributed by atoms with Crippen LogP contribution in [0.2, 0.25) is 0 Å². The molecule has 0 unspecified atom stereocenters. The number of hydrogen-bond acceptors (Lipinski definition) is 11. The molecule has 5 N–H and O–H groups in total. The molecule has 0 spiro atoms. The standard InChI is InChI=1S/C20H29O5P.C6H12O6/c1-15(11-12-18-17(3)10-7-13-20(18,4)5)8-6-9-16(2)14-19(21)25-26(22,23)24;7-1-3(9)5(11)6(12)4(10)2-8/h6,8-9,11-12,14H,7,10,13H2,1-5H3,(H2,22,23,24);1,3-6,8-12H,2H2/p-2/b9-6+,12-11+,15-8+,16-14+;/t;3-,4-,5-,6-/m.1/s1. The minimum absolute atomic E-state index is 0.0258. The summed E-state index contributed by atoms with van der Waals surface area (Å²) in [6, 6.07) is 0. The number of carbonyl (C=O) groups is 2. The predicted octanol–water partition coefficient (Wildman–Crippen LogP) is 0.511. The van der Waals surface area contributed by atoms with E-state index in [4.69, 9.17) is 25.5 Å². The van der Waals surface area contributed by atoms with Crippen molar-refractivity contribution in [1.29, 1.82) is 0 Å². The van der Waals surface area contributed by atoms with Crippen LogP contribution >= 0.6 is 7.82 Å². The minimum atomic E-state index is -5.30. The van der Waals surface area contributed by atoms with Gasteiger partial charge in [0.2, 0.25) is 0 Å². The second-order valence-electron chi connectivity index (χ2n) is 9.64. The van der Waals surface area contributed by atoms with Crippen LogP contribution < -0.4 is 9.79 Å². The highest BCUT2D eigenvalue weighted by Gasteiger charge is 2.29. The van der Waals surface area contributed by atoms with Crippen molar-refractivity contribution >= 4 is 20.1 Å². The van der Waals surface area contributed by atoms with Crippen LogP contribution in [0.1, 0.15) is 53.9 Å². The lowest BCUT2D eigenvalue weighted by molar-refractivity contribution is -0.337. The van der Waals surface area contributed by atoms with Gasteiger partial charge < -0.3 is 49.2 Å². The molecule has 1 rings (SSSR count). The zero-order valence-corrected chi connectivity index (χ0v) is 23.2. The number of allylic oxidation sites excluding steroid dienone is 9. The summed E-state index contributed by atoms with van der Waals surface area (Å²) in [4.78, 5) is 41.8. The number of carbonyl (C=O) groups excluding carboxylic acids is 2. The van der Waals surface area contributed by atoms with Crippen LogP contribution in [0.3, 0.4) is 0 Å². The third-order valence-corrected chi connectivity index (χ3v) is 6.14. The summed E-state index contributed by atoms with van der Waals surface area (Å²) in [5, 5.41) is 43.5. The summed E-state index contributed by atoms with van der Waals surface area (Å²) < 4.78 is 14.1. The fourth-order valence-corrected chi connectivity index (χ4v) is 3.89. The first kappa shape index (κ1) is 35.8. The van der Waals surface area contributed by atoms with Crippen molar-refractivity contribution < 1.29 is 54.0 Å². The van der Waals surface area contributed by atoms with E-state index in [2.05, 4.69) is 37.4 Å². The van der Waals surface area contributed by atoms with E-state index in [-0.39, 0.29) is 11.7 Å². The summed E-state index contributed by atoms with van der Waals surface area (Å²) in [6.07, 6.45) is 7.19. The van der Waals surface area contributed by atoms with Crippen LogP contribution in [0.5, 0.6) is 0 Å². The number of rotatable bonds is 11. The average Bonchev–Trinajstić information content (AvgIpc) is 2.80. The molecule has 0 heterocycles. The molecule has 38 heavy (non-hydrogen) atoms. The van der Waals surface area contributed by atoms with Crippen molar-refractivity contribution in [1.82, 2.24) is 0 Å². The number of hydrogen-bond donors (Lipinski definition) is 5. The number of phosphoric acid groups is 1. The second-order valence-corrected chi connectivity index (χ2v) is 10.7. The van der Waals surface area contributed by atoms with Crippen molar-refractivity contribution in [3.05, 3.63) is 58.7 Å².